The Morgan fingerprint density at radius 3 is 2.57 bits per heavy atom. The van der Waals surface area contributed by atoms with E-state index in [4.69, 9.17) is 10.8 Å². The lowest BCUT2D eigenvalue weighted by Crippen LogP contribution is -2.59. The van der Waals surface area contributed by atoms with E-state index in [9.17, 15) is 19.5 Å². The molecule has 0 saturated heterocycles. The van der Waals surface area contributed by atoms with Crippen LogP contribution < -0.4 is 11.1 Å². The van der Waals surface area contributed by atoms with E-state index in [-0.39, 0.29) is 12.3 Å². The summed E-state index contributed by atoms with van der Waals surface area (Å²) in [6.45, 7) is 0. The fraction of sp³-hybridized carbons (Fsp3) is 0.769. The zero-order chi connectivity index (χ0) is 15.8. The summed E-state index contributed by atoms with van der Waals surface area (Å²) in [6, 6.07) is -0.769. The zero-order valence-electron chi connectivity index (χ0n) is 11.7. The van der Waals surface area contributed by atoms with Gasteiger partial charge in [-0.15, -0.1) is 0 Å². The van der Waals surface area contributed by atoms with Crippen molar-refractivity contribution in [2.75, 3.05) is 12.0 Å². The van der Waals surface area contributed by atoms with Gasteiger partial charge in [0.15, 0.2) is 0 Å². The number of aliphatic carboxylic acids is 2. The van der Waals surface area contributed by atoms with Crippen LogP contribution >= 0.6 is 11.8 Å². The number of fused-ring (bicyclic) bond motifs is 1. The van der Waals surface area contributed by atoms with E-state index < -0.39 is 41.3 Å². The third-order valence-electron chi connectivity index (χ3n) is 4.59. The van der Waals surface area contributed by atoms with Crippen LogP contribution in [0.3, 0.4) is 0 Å². The predicted octanol–water partition coefficient (Wildman–Crippen LogP) is -0.253. The van der Waals surface area contributed by atoms with Crippen molar-refractivity contribution in [3.63, 3.8) is 0 Å². The van der Waals surface area contributed by atoms with E-state index in [2.05, 4.69) is 5.32 Å². The minimum atomic E-state index is -1.47. The standard InChI is InChI=1S/C13H20N2O5S/c1-21-5-3-7(14)10(16)15-13(12(19)20)4-2-6-8(9(6)13)11(17)18/h6-9H,2-5,14H2,1H3,(H,15,16)(H,17,18)(H,19,20)/t6-,7-,8-,9-,13-/m0/s1. The van der Waals surface area contributed by atoms with Gasteiger partial charge in [-0.1, -0.05) is 0 Å². The van der Waals surface area contributed by atoms with Crippen LogP contribution in [0.4, 0.5) is 0 Å². The van der Waals surface area contributed by atoms with E-state index in [0.29, 0.717) is 18.6 Å². The summed E-state index contributed by atoms with van der Waals surface area (Å²) in [4.78, 5) is 34.9. The molecule has 2 fully saturated rings. The second kappa shape index (κ2) is 5.84. The molecule has 8 heteroatoms. The van der Waals surface area contributed by atoms with Crippen LogP contribution in [0.15, 0.2) is 0 Å². The molecule has 0 aromatic rings. The van der Waals surface area contributed by atoms with Crippen molar-refractivity contribution in [1.29, 1.82) is 0 Å². The summed E-state index contributed by atoms with van der Waals surface area (Å²) in [7, 11) is 0. The highest BCUT2D eigenvalue weighted by molar-refractivity contribution is 7.98. The van der Waals surface area contributed by atoms with Crippen molar-refractivity contribution >= 4 is 29.6 Å². The predicted molar refractivity (Wildman–Crippen MR) is 76.8 cm³/mol. The Bertz CT molecular complexity index is 471. The minimum Gasteiger partial charge on any atom is -0.481 e. The summed E-state index contributed by atoms with van der Waals surface area (Å²) in [5.41, 5.74) is 4.29. The van der Waals surface area contributed by atoms with Gasteiger partial charge in [0.25, 0.3) is 0 Å². The van der Waals surface area contributed by atoms with Gasteiger partial charge in [-0.25, -0.2) is 4.79 Å². The fourth-order valence-corrected chi connectivity index (χ4v) is 3.93. The Labute approximate surface area is 126 Å². The van der Waals surface area contributed by atoms with Crippen LogP contribution in [0.25, 0.3) is 0 Å². The molecule has 2 aliphatic rings. The maximum absolute atomic E-state index is 12.1. The molecular formula is C13H20N2O5S. The number of hydrogen-bond donors (Lipinski definition) is 4. The second-order valence-corrected chi connectivity index (χ2v) is 6.73. The van der Waals surface area contributed by atoms with E-state index in [0.717, 1.165) is 0 Å². The molecule has 5 N–H and O–H groups in total. The number of nitrogens with one attached hydrogen (secondary N) is 1. The molecule has 2 aliphatic carbocycles. The molecule has 2 saturated carbocycles. The van der Waals surface area contributed by atoms with Crippen molar-refractivity contribution in [3.05, 3.63) is 0 Å². The van der Waals surface area contributed by atoms with Crippen molar-refractivity contribution in [2.24, 2.45) is 23.5 Å². The third kappa shape index (κ3) is 2.74. The Hall–Kier alpha value is -1.28. The number of hydrogen-bond acceptors (Lipinski definition) is 5. The van der Waals surface area contributed by atoms with Gasteiger partial charge in [-0.05, 0) is 37.2 Å². The number of carbonyl (C=O) groups is 3. The van der Waals surface area contributed by atoms with Crippen molar-refractivity contribution in [2.45, 2.75) is 30.8 Å². The second-order valence-electron chi connectivity index (χ2n) is 5.75. The quantitative estimate of drug-likeness (QED) is 0.509. The monoisotopic (exact) mass is 316 g/mol. The van der Waals surface area contributed by atoms with Gasteiger partial charge in [0, 0.05) is 5.92 Å². The molecule has 21 heavy (non-hydrogen) atoms. The third-order valence-corrected chi connectivity index (χ3v) is 5.24. The zero-order valence-corrected chi connectivity index (χ0v) is 12.6. The molecule has 118 valence electrons. The lowest BCUT2D eigenvalue weighted by atomic mass is 9.89. The highest BCUT2D eigenvalue weighted by atomic mass is 32.2. The molecular weight excluding hydrogens is 296 g/mol. The van der Waals surface area contributed by atoms with E-state index >= 15 is 0 Å². The number of thioether (sulfide) groups is 1. The highest BCUT2D eigenvalue weighted by Crippen LogP contribution is 2.62. The average Bonchev–Trinajstić information content (AvgIpc) is 3.05. The summed E-state index contributed by atoms with van der Waals surface area (Å²) >= 11 is 1.55. The molecule has 1 amide bonds. The van der Waals surface area contributed by atoms with Crippen LogP contribution in [0.5, 0.6) is 0 Å². The van der Waals surface area contributed by atoms with Gasteiger partial charge in [-0.3, -0.25) is 9.59 Å². The molecule has 0 heterocycles. The van der Waals surface area contributed by atoms with Crippen LogP contribution in [0, 0.1) is 17.8 Å². The first-order valence-corrected chi connectivity index (χ1v) is 8.27. The largest absolute Gasteiger partial charge is 0.481 e. The number of carboxylic acid groups (broad SMARTS) is 2. The van der Waals surface area contributed by atoms with Crippen molar-refractivity contribution in [3.8, 4) is 0 Å². The Morgan fingerprint density at radius 2 is 2.10 bits per heavy atom. The first kappa shape index (κ1) is 16.1. The molecule has 0 radical (unpaired) electrons. The fourth-order valence-electron chi connectivity index (χ4n) is 3.44. The lowest BCUT2D eigenvalue weighted by Gasteiger charge is -2.29. The number of amides is 1. The molecule has 7 nitrogen and oxygen atoms in total. The SMILES string of the molecule is CSCC[C@H](N)C(=O)N[C@@]1(C(=O)O)CC[C@H]2[C@H](C(=O)O)[C@H]21. The number of carbonyl (C=O) groups excluding carboxylic acids is 1. The van der Waals surface area contributed by atoms with Crippen LogP contribution in [0.2, 0.25) is 0 Å². The molecule has 0 aliphatic heterocycles. The molecule has 0 unspecified atom stereocenters. The van der Waals surface area contributed by atoms with Gasteiger partial charge in [0.05, 0.1) is 12.0 Å². The summed E-state index contributed by atoms with van der Waals surface area (Å²) in [6.07, 6.45) is 3.13. The Balaban J connectivity index is 2.09. The first-order valence-electron chi connectivity index (χ1n) is 6.88. The molecule has 0 aromatic carbocycles. The minimum absolute atomic E-state index is 0.152. The molecule has 0 spiro atoms. The van der Waals surface area contributed by atoms with Gasteiger partial charge < -0.3 is 21.3 Å². The highest BCUT2D eigenvalue weighted by Gasteiger charge is 2.72. The van der Waals surface area contributed by atoms with Gasteiger partial charge in [0.2, 0.25) is 5.91 Å². The number of nitrogens with two attached hydrogens (primary N) is 1. The smallest absolute Gasteiger partial charge is 0.329 e. The summed E-state index contributed by atoms with van der Waals surface area (Å²) in [5.74, 6) is -3.30. The van der Waals surface area contributed by atoms with Crippen LogP contribution in [0.1, 0.15) is 19.3 Å². The number of carboxylic acids is 2. The van der Waals surface area contributed by atoms with Gasteiger partial charge >= 0.3 is 11.9 Å². The Morgan fingerprint density at radius 1 is 1.43 bits per heavy atom. The topological polar surface area (TPSA) is 130 Å². The van der Waals surface area contributed by atoms with E-state index in [1.54, 1.807) is 11.8 Å². The van der Waals surface area contributed by atoms with Crippen LogP contribution in [-0.2, 0) is 14.4 Å². The van der Waals surface area contributed by atoms with Gasteiger partial charge in [-0.2, -0.15) is 11.8 Å². The summed E-state index contributed by atoms with van der Waals surface area (Å²) in [5, 5.41) is 21.2. The van der Waals surface area contributed by atoms with E-state index in [1.807, 2.05) is 6.26 Å². The molecule has 5 atom stereocenters. The van der Waals surface area contributed by atoms with Crippen molar-refractivity contribution < 1.29 is 24.6 Å². The summed E-state index contributed by atoms with van der Waals surface area (Å²) < 4.78 is 0. The Kier molecular flexibility index (Phi) is 4.48. The van der Waals surface area contributed by atoms with Crippen molar-refractivity contribution in [1.82, 2.24) is 5.32 Å². The maximum Gasteiger partial charge on any atom is 0.329 e. The lowest BCUT2D eigenvalue weighted by molar-refractivity contribution is -0.150. The van der Waals surface area contributed by atoms with Gasteiger partial charge in [0.1, 0.15) is 5.54 Å². The average molecular weight is 316 g/mol. The maximum atomic E-state index is 12.1. The number of rotatable bonds is 7. The first-order chi connectivity index (χ1) is 9.85. The molecule has 0 aromatic heterocycles. The van der Waals surface area contributed by atoms with Crippen LogP contribution in [-0.4, -0.2) is 51.6 Å². The molecule has 2 rings (SSSR count). The van der Waals surface area contributed by atoms with E-state index in [1.165, 1.54) is 0 Å². The normalized spacial score (nSPS) is 34.9. The molecule has 0 bridgehead atoms.